The highest BCUT2D eigenvalue weighted by molar-refractivity contribution is 9.10. The van der Waals surface area contributed by atoms with Crippen LogP contribution in [-0.2, 0) is 6.42 Å². The van der Waals surface area contributed by atoms with Crippen LogP contribution in [0.25, 0.3) is 0 Å². The number of benzene rings is 1. The first-order chi connectivity index (χ1) is 7.13. The van der Waals surface area contributed by atoms with Gasteiger partial charge in [0.05, 0.1) is 5.56 Å². The number of hydrogen-bond donors (Lipinski definition) is 1. The number of fused-ring (bicyclic) bond motifs is 1. The minimum absolute atomic E-state index is 0.0498. The summed E-state index contributed by atoms with van der Waals surface area (Å²) in [5.41, 5.74) is 0.972. The van der Waals surface area contributed by atoms with Crippen LogP contribution >= 0.6 is 15.9 Å². The van der Waals surface area contributed by atoms with Crippen molar-refractivity contribution in [2.45, 2.75) is 25.8 Å². The first-order valence-corrected chi connectivity index (χ1v) is 5.70. The van der Waals surface area contributed by atoms with Crippen molar-refractivity contribution in [3.05, 3.63) is 33.5 Å². The summed E-state index contributed by atoms with van der Waals surface area (Å²) in [5, 5.41) is 2.85. The molecule has 0 saturated carbocycles. The van der Waals surface area contributed by atoms with E-state index in [1.54, 1.807) is 6.07 Å². The molecule has 1 atom stereocenters. The largest absolute Gasteiger partial charge is 0.349 e. The third-order valence-corrected chi connectivity index (χ3v) is 3.37. The van der Waals surface area contributed by atoms with Crippen molar-refractivity contribution in [3.63, 3.8) is 0 Å². The molecule has 0 bridgehead atoms. The van der Waals surface area contributed by atoms with Gasteiger partial charge in [-0.15, -0.1) is 0 Å². The molecule has 0 saturated heterocycles. The molecule has 4 heteroatoms. The Morgan fingerprint density at radius 2 is 2.33 bits per heavy atom. The van der Waals surface area contributed by atoms with Crippen molar-refractivity contribution >= 4 is 21.8 Å². The fourth-order valence-corrected chi connectivity index (χ4v) is 2.39. The minimum Gasteiger partial charge on any atom is -0.349 e. The number of carbonyl (C=O) groups is 1. The summed E-state index contributed by atoms with van der Waals surface area (Å²) in [7, 11) is 0. The van der Waals surface area contributed by atoms with E-state index in [4.69, 9.17) is 0 Å². The zero-order valence-corrected chi connectivity index (χ0v) is 9.90. The van der Waals surface area contributed by atoms with E-state index in [9.17, 15) is 9.18 Å². The van der Waals surface area contributed by atoms with Gasteiger partial charge >= 0.3 is 0 Å². The van der Waals surface area contributed by atoms with E-state index in [0.29, 0.717) is 22.0 Å². The van der Waals surface area contributed by atoms with Crippen molar-refractivity contribution in [1.29, 1.82) is 0 Å². The molecule has 1 aromatic rings. The van der Waals surface area contributed by atoms with Crippen LogP contribution in [-0.4, -0.2) is 11.9 Å². The summed E-state index contributed by atoms with van der Waals surface area (Å²) < 4.78 is 14.2. The van der Waals surface area contributed by atoms with Crippen LogP contribution in [0.15, 0.2) is 16.6 Å². The summed E-state index contributed by atoms with van der Waals surface area (Å²) >= 11 is 3.27. The van der Waals surface area contributed by atoms with Gasteiger partial charge < -0.3 is 5.32 Å². The summed E-state index contributed by atoms with van der Waals surface area (Å²) in [6.07, 6.45) is 1.39. The highest BCUT2D eigenvalue weighted by Crippen LogP contribution is 2.27. The minimum atomic E-state index is -0.290. The van der Waals surface area contributed by atoms with E-state index in [1.165, 1.54) is 6.07 Å². The molecule has 15 heavy (non-hydrogen) atoms. The highest BCUT2D eigenvalue weighted by atomic mass is 79.9. The van der Waals surface area contributed by atoms with Gasteiger partial charge in [0, 0.05) is 16.1 Å². The lowest BCUT2D eigenvalue weighted by atomic mass is 9.93. The number of amides is 1. The zero-order chi connectivity index (χ0) is 11.0. The van der Waals surface area contributed by atoms with Crippen molar-refractivity contribution < 1.29 is 9.18 Å². The predicted molar refractivity (Wildman–Crippen MR) is 59.3 cm³/mol. The third-order valence-electron chi connectivity index (χ3n) is 2.71. The second-order valence-corrected chi connectivity index (χ2v) is 4.52. The summed E-state index contributed by atoms with van der Waals surface area (Å²) in [6, 6.07) is 3.02. The molecule has 0 fully saturated rings. The van der Waals surface area contributed by atoms with E-state index in [0.717, 1.165) is 6.42 Å². The van der Waals surface area contributed by atoms with Gasteiger partial charge in [0.2, 0.25) is 0 Å². The molecule has 0 aromatic heterocycles. The zero-order valence-electron chi connectivity index (χ0n) is 8.31. The quantitative estimate of drug-likeness (QED) is 0.836. The Bertz CT molecular complexity index is 419. The van der Waals surface area contributed by atoms with E-state index >= 15 is 0 Å². The van der Waals surface area contributed by atoms with Crippen LogP contribution in [0.5, 0.6) is 0 Å². The fourth-order valence-electron chi connectivity index (χ4n) is 1.84. The Balaban J connectivity index is 2.53. The van der Waals surface area contributed by atoms with E-state index in [-0.39, 0.29) is 17.8 Å². The molecular formula is C11H11BrFNO. The van der Waals surface area contributed by atoms with Crippen molar-refractivity contribution in [1.82, 2.24) is 5.32 Å². The Morgan fingerprint density at radius 3 is 3.00 bits per heavy atom. The second-order valence-electron chi connectivity index (χ2n) is 3.67. The van der Waals surface area contributed by atoms with Gasteiger partial charge in [0.1, 0.15) is 5.82 Å². The molecule has 0 spiro atoms. The molecule has 1 heterocycles. The molecule has 1 unspecified atom stereocenters. The smallest absolute Gasteiger partial charge is 0.253 e. The summed E-state index contributed by atoms with van der Waals surface area (Å²) in [4.78, 5) is 11.7. The lowest BCUT2D eigenvalue weighted by Gasteiger charge is -2.25. The lowest BCUT2D eigenvalue weighted by Crippen LogP contribution is -2.41. The molecule has 0 aliphatic carbocycles. The first kappa shape index (κ1) is 10.6. The van der Waals surface area contributed by atoms with Gasteiger partial charge in [-0.1, -0.05) is 6.92 Å². The molecule has 1 N–H and O–H groups in total. The van der Waals surface area contributed by atoms with Gasteiger partial charge in [0.15, 0.2) is 0 Å². The third kappa shape index (κ3) is 1.78. The lowest BCUT2D eigenvalue weighted by molar-refractivity contribution is 0.0922. The monoisotopic (exact) mass is 271 g/mol. The summed E-state index contributed by atoms with van der Waals surface area (Å²) in [6.45, 7) is 1.98. The molecule has 0 radical (unpaired) electrons. The Labute approximate surface area is 96.0 Å². The van der Waals surface area contributed by atoms with Gasteiger partial charge in [-0.2, -0.15) is 0 Å². The molecule has 1 amide bonds. The standard InChI is InChI=1S/C11H11BrFNO/c1-2-6-5-7-9(13)4-3-8(12)10(7)11(15)14-6/h3-4,6H,2,5H2,1H3,(H,14,15). The molecular weight excluding hydrogens is 261 g/mol. The van der Waals surface area contributed by atoms with Crippen LogP contribution in [0.3, 0.4) is 0 Å². The van der Waals surface area contributed by atoms with Crippen LogP contribution in [0.1, 0.15) is 29.3 Å². The van der Waals surface area contributed by atoms with Crippen LogP contribution in [0, 0.1) is 5.82 Å². The average Bonchev–Trinajstić information content (AvgIpc) is 2.23. The Hall–Kier alpha value is -0.900. The van der Waals surface area contributed by atoms with Crippen molar-refractivity contribution in [3.8, 4) is 0 Å². The summed E-state index contributed by atoms with van der Waals surface area (Å²) in [5.74, 6) is -0.476. The highest BCUT2D eigenvalue weighted by Gasteiger charge is 2.27. The Morgan fingerprint density at radius 1 is 1.60 bits per heavy atom. The fraction of sp³-hybridized carbons (Fsp3) is 0.364. The van der Waals surface area contributed by atoms with Crippen molar-refractivity contribution in [2.75, 3.05) is 0 Å². The number of hydrogen-bond acceptors (Lipinski definition) is 1. The average molecular weight is 272 g/mol. The number of rotatable bonds is 1. The maximum absolute atomic E-state index is 13.5. The van der Waals surface area contributed by atoms with Crippen LogP contribution in [0.4, 0.5) is 4.39 Å². The second kappa shape index (κ2) is 3.93. The predicted octanol–water partition coefficient (Wildman–Crippen LogP) is 2.65. The first-order valence-electron chi connectivity index (χ1n) is 4.91. The molecule has 2 rings (SSSR count). The Kier molecular flexibility index (Phi) is 2.78. The van der Waals surface area contributed by atoms with Gasteiger partial charge in [0.25, 0.3) is 5.91 Å². The van der Waals surface area contributed by atoms with Gasteiger partial charge in [-0.05, 0) is 40.9 Å². The maximum atomic E-state index is 13.5. The van der Waals surface area contributed by atoms with Crippen LogP contribution < -0.4 is 5.32 Å². The molecule has 1 aliphatic rings. The number of carbonyl (C=O) groups excluding carboxylic acids is 1. The molecule has 1 aliphatic heterocycles. The normalized spacial score (nSPS) is 19.7. The molecule has 80 valence electrons. The number of halogens is 2. The maximum Gasteiger partial charge on any atom is 0.253 e. The van der Waals surface area contributed by atoms with Crippen LogP contribution in [0.2, 0.25) is 0 Å². The van der Waals surface area contributed by atoms with Gasteiger partial charge in [-0.3, -0.25) is 4.79 Å². The van der Waals surface area contributed by atoms with E-state index < -0.39 is 0 Å². The van der Waals surface area contributed by atoms with Crippen molar-refractivity contribution in [2.24, 2.45) is 0 Å². The SMILES string of the molecule is CCC1Cc2c(F)ccc(Br)c2C(=O)N1. The topological polar surface area (TPSA) is 29.1 Å². The number of nitrogens with one attached hydrogen (secondary N) is 1. The van der Waals surface area contributed by atoms with E-state index in [2.05, 4.69) is 21.2 Å². The molecule has 2 nitrogen and oxygen atoms in total. The van der Waals surface area contributed by atoms with E-state index in [1.807, 2.05) is 6.92 Å². The van der Waals surface area contributed by atoms with Gasteiger partial charge in [-0.25, -0.2) is 4.39 Å². The molecule has 1 aromatic carbocycles.